The first kappa shape index (κ1) is 27.5. The Hall–Kier alpha value is -4.35. The van der Waals surface area contributed by atoms with E-state index in [2.05, 4.69) is 43.2 Å². The first-order chi connectivity index (χ1) is 20.9. The normalized spacial score (nSPS) is 13.0. The molecule has 3 aromatic heterocycles. The fourth-order valence-electron chi connectivity index (χ4n) is 5.79. The zero-order chi connectivity index (χ0) is 29.7. The maximum absolute atomic E-state index is 14.1. The summed E-state index contributed by atoms with van der Waals surface area (Å²) in [5, 5.41) is 10.7. The van der Waals surface area contributed by atoms with E-state index in [1.54, 1.807) is 9.25 Å². The van der Waals surface area contributed by atoms with Crippen LogP contribution in [0.5, 0.6) is 0 Å². The highest BCUT2D eigenvalue weighted by Crippen LogP contribution is 2.33. The number of para-hydroxylation sites is 2. The molecule has 0 unspecified atom stereocenters. The van der Waals surface area contributed by atoms with Crippen LogP contribution in [-0.4, -0.2) is 52.2 Å². The second-order valence-corrected chi connectivity index (χ2v) is 12.3. The van der Waals surface area contributed by atoms with E-state index in [4.69, 9.17) is 0 Å². The minimum absolute atomic E-state index is 0.0180. The lowest BCUT2D eigenvalue weighted by Gasteiger charge is -2.27. The number of amides is 1. The maximum atomic E-state index is 14.1. The Morgan fingerprint density at radius 2 is 1.74 bits per heavy atom. The summed E-state index contributed by atoms with van der Waals surface area (Å²) in [6.45, 7) is 3.12. The third kappa shape index (κ3) is 4.72. The summed E-state index contributed by atoms with van der Waals surface area (Å²) in [6.07, 6.45) is 0.783. The Balaban J connectivity index is 1.25. The number of nitrogens with zero attached hydrogens (tertiary/aromatic N) is 6. The second-order valence-electron chi connectivity index (χ2n) is 10.5. The molecular weight excluding hydrogens is 626 g/mol. The van der Waals surface area contributed by atoms with Crippen molar-refractivity contribution >= 4 is 44.5 Å². The topological polar surface area (TPSA) is 93.7 Å². The van der Waals surface area contributed by atoms with Crippen LogP contribution in [0.3, 0.4) is 0 Å². The van der Waals surface area contributed by atoms with Gasteiger partial charge in [0.15, 0.2) is 11.0 Å². The zero-order valence-electron chi connectivity index (χ0n) is 23.6. The van der Waals surface area contributed by atoms with Crippen molar-refractivity contribution < 1.29 is 4.79 Å². The van der Waals surface area contributed by atoms with E-state index < -0.39 is 0 Å². The highest BCUT2D eigenvalue weighted by atomic mass is 79.9. The van der Waals surface area contributed by atoms with E-state index in [-0.39, 0.29) is 17.2 Å². The van der Waals surface area contributed by atoms with Gasteiger partial charge in [0.1, 0.15) is 5.69 Å². The molecule has 0 saturated carbocycles. The fraction of sp³-hybridized carbons (Fsp3) is 0.188. The first-order valence-corrected chi connectivity index (χ1v) is 15.7. The quantitative estimate of drug-likeness (QED) is 0.234. The van der Waals surface area contributed by atoms with E-state index in [9.17, 15) is 9.59 Å². The van der Waals surface area contributed by atoms with Crippen molar-refractivity contribution in [2.75, 3.05) is 12.3 Å². The highest BCUT2D eigenvalue weighted by Gasteiger charge is 2.28. The summed E-state index contributed by atoms with van der Waals surface area (Å²) in [4.78, 5) is 33.0. The molecule has 0 fully saturated rings. The number of carbonyl (C=O) groups is 1. The number of thioether (sulfide) groups is 1. The van der Waals surface area contributed by atoms with Gasteiger partial charge in [-0.05, 0) is 31.2 Å². The van der Waals surface area contributed by atoms with E-state index in [1.165, 1.54) is 23.0 Å². The van der Waals surface area contributed by atoms with Crippen molar-refractivity contribution in [1.29, 1.82) is 0 Å². The molecule has 3 aromatic carbocycles. The number of carbonyl (C=O) groups excluding carboxylic acids is 1. The van der Waals surface area contributed by atoms with Gasteiger partial charge in [-0.3, -0.25) is 18.8 Å². The number of aromatic nitrogens is 6. The number of fused-ring (bicyclic) bond motifs is 3. The van der Waals surface area contributed by atoms with Crippen molar-refractivity contribution in [3.63, 3.8) is 0 Å². The lowest BCUT2D eigenvalue weighted by molar-refractivity contribution is -0.129. The van der Waals surface area contributed by atoms with Crippen molar-refractivity contribution in [3.05, 3.63) is 111 Å². The Labute approximate surface area is 260 Å². The van der Waals surface area contributed by atoms with Gasteiger partial charge in [-0.1, -0.05) is 82.3 Å². The van der Waals surface area contributed by atoms with Crippen LogP contribution in [0.1, 0.15) is 17.0 Å². The number of halogens is 1. The van der Waals surface area contributed by atoms with Crippen molar-refractivity contribution in [2.45, 2.75) is 25.0 Å². The molecule has 0 aliphatic carbocycles. The highest BCUT2D eigenvalue weighted by molar-refractivity contribution is 9.10. The minimum atomic E-state index is -0.199. The molecule has 9 nitrogen and oxygen atoms in total. The SMILES string of the molecule is Cc1c(-n2c(SCC(=O)N3CCc4[nH]c5ccccc5c4C3)nnc2-c2ccccc2Br)c(=O)n(-c2ccccc2)n1C. The summed E-state index contributed by atoms with van der Waals surface area (Å²) in [6, 6.07) is 25.5. The van der Waals surface area contributed by atoms with E-state index >= 15 is 0 Å². The molecule has 1 aliphatic rings. The van der Waals surface area contributed by atoms with Crippen molar-refractivity contribution in [1.82, 2.24) is 34.0 Å². The Bertz CT molecular complexity index is 2060. The summed E-state index contributed by atoms with van der Waals surface area (Å²) >= 11 is 4.94. The van der Waals surface area contributed by atoms with Crippen molar-refractivity contribution in [3.8, 4) is 22.8 Å². The monoisotopic (exact) mass is 653 g/mol. The smallest absolute Gasteiger partial charge is 0.296 e. The van der Waals surface area contributed by atoms with Crippen LogP contribution >= 0.6 is 27.7 Å². The van der Waals surface area contributed by atoms with E-state index in [0.717, 1.165) is 38.7 Å². The van der Waals surface area contributed by atoms with Gasteiger partial charge in [0.05, 0.1) is 17.1 Å². The number of H-pyrrole nitrogens is 1. The minimum Gasteiger partial charge on any atom is -0.358 e. The third-order valence-electron chi connectivity index (χ3n) is 8.06. The lowest BCUT2D eigenvalue weighted by atomic mass is 10.0. The van der Waals surface area contributed by atoms with Crippen LogP contribution in [0.15, 0.2) is 93.3 Å². The molecule has 0 bridgehead atoms. The van der Waals surface area contributed by atoms with Crippen LogP contribution in [0, 0.1) is 6.92 Å². The number of hydrogen-bond donors (Lipinski definition) is 1. The molecule has 0 spiro atoms. The third-order valence-corrected chi connectivity index (χ3v) is 9.66. The molecule has 216 valence electrons. The maximum Gasteiger partial charge on any atom is 0.296 e. The zero-order valence-corrected chi connectivity index (χ0v) is 26.0. The molecule has 1 aliphatic heterocycles. The number of rotatable bonds is 6. The van der Waals surface area contributed by atoms with Gasteiger partial charge in [0.2, 0.25) is 5.91 Å². The summed E-state index contributed by atoms with van der Waals surface area (Å²) in [5.41, 5.74) is 6.03. The van der Waals surface area contributed by atoms with E-state index in [0.29, 0.717) is 29.8 Å². The van der Waals surface area contributed by atoms with E-state index in [1.807, 2.05) is 90.3 Å². The molecule has 6 aromatic rings. The Morgan fingerprint density at radius 3 is 2.56 bits per heavy atom. The molecule has 0 atom stereocenters. The fourth-order valence-corrected chi connectivity index (χ4v) is 7.09. The van der Waals surface area contributed by atoms with Gasteiger partial charge in [-0.15, -0.1) is 10.2 Å². The van der Waals surface area contributed by atoms with Gasteiger partial charge in [-0.25, -0.2) is 4.68 Å². The van der Waals surface area contributed by atoms with Gasteiger partial charge in [0.25, 0.3) is 5.56 Å². The van der Waals surface area contributed by atoms with Crippen LogP contribution < -0.4 is 5.56 Å². The van der Waals surface area contributed by atoms with Crippen LogP contribution in [-0.2, 0) is 24.8 Å². The average Bonchev–Trinajstić information content (AvgIpc) is 3.67. The molecule has 4 heterocycles. The average molecular weight is 655 g/mol. The van der Waals surface area contributed by atoms with Gasteiger partial charge < -0.3 is 9.88 Å². The number of nitrogens with one attached hydrogen (secondary N) is 1. The molecule has 43 heavy (non-hydrogen) atoms. The number of hydrogen-bond acceptors (Lipinski definition) is 5. The number of aromatic amines is 1. The van der Waals surface area contributed by atoms with Crippen LogP contribution in [0.4, 0.5) is 0 Å². The van der Waals surface area contributed by atoms with Crippen molar-refractivity contribution in [2.24, 2.45) is 7.05 Å². The predicted molar refractivity (Wildman–Crippen MR) is 172 cm³/mol. The Kier molecular flexibility index (Phi) is 7.06. The summed E-state index contributed by atoms with van der Waals surface area (Å²) in [7, 11) is 1.86. The van der Waals surface area contributed by atoms with Gasteiger partial charge in [-0.2, -0.15) is 0 Å². The first-order valence-electron chi connectivity index (χ1n) is 14.0. The van der Waals surface area contributed by atoms with Crippen LogP contribution in [0.2, 0.25) is 0 Å². The molecule has 1 N–H and O–H groups in total. The molecule has 1 amide bonds. The molecule has 11 heteroatoms. The lowest BCUT2D eigenvalue weighted by Crippen LogP contribution is -2.37. The van der Waals surface area contributed by atoms with Gasteiger partial charge in [0, 0.05) is 58.8 Å². The molecule has 7 rings (SSSR count). The number of benzene rings is 3. The molecular formula is C32H28BrN7O2S. The predicted octanol–water partition coefficient (Wildman–Crippen LogP) is 5.65. The van der Waals surface area contributed by atoms with Crippen LogP contribution in [0.25, 0.3) is 33.7 Å². The molecule has 0 saturated heterocycles. The second kappa shape index (κ2) is 11.1. The van der Waals surface area contributed by atoms with Gasteiger partial charge >= 0.3 is 0 Å². The largest absolute Gasteiger partial charge is 0.358 e. The summed E-state index contributed by atoms with van der Waals surface area (Å²) < 4.78 is 6.10. The summed E-state index contributed by atoms with van der Waals surface area (Å²) in [5.74, 6) is 0.712. The Morgan fingerprint density at radius 1 is 1.00 bits per heavy atom. The standard InChI is InChI=1S/C32H28BrN7O2S/c1-20-29(31(42)40(37(20)2)21-10-4-3-5-11-21)39-30(23-13-6-8-14-25(23)33)35-36-32(39)43-19-28(41)38-17-16-27-24(18-38)22-12-7-9-15-26(22)34-27/h3-15,34H,16-19H2,1-2H3. The molecule has 0 radical (unpaired) electrons.